The summed E-state index contributed by atoms with van der Waals surface area (Å²) in [5.74, 6) is -1.95. The zero-order valence-electron chi connectivity index (χ0n) is 14.8. The first-order chi connectivity index (χ1) is 12.1. The molecule has 0 unspecified atom stereocenters. The van der Waals surface area contributed by atoms with Crippen LogP contribution in [0.25, 0.3) is 0 Å². The molecule has 1 N–H and O–H groups in total. The molecular formula is C17H23F3N2O4. The molecule has 1 spiro atoms. The lowest BCUT2D eigenvalue weighted by Crippen LogP contribution is -2.38. The topological polar surface area (TPSA) is 73.7 Å². The van der Waals surface area contributed by atoms with E-state index >= 15 is 0 Å². The number of ether oxygens (including phenoxy) is 3. The van der Waals surface area contributed by atoms with Gasteiger partial charge in [-0.15, -0.1) is 0 Å². The van der Waals surface area contributed by atoms with E-state index in [1.165, 1.54) is 6.07 Å². The fourth-order valence-electron chi connectivity index (χ4n) is 3.15. The predicted molar refractivity (Wildman–Crippen MR) is 84.7 cm³/mol. The van der Waals surface area contributed by atoms with Gasteiger partial charge in [0.15, 0.2) is 5.79 Å². The van der Waals surface area contributed by atoms with Crippen LogP contribution in [-0.2, 0) is 21.1 Å². The second-order valence-electron chi connectivity index (χ2n) is 7.38. The van der Waals surface area contributed by atoms with Crippen molar-refractivity contribution in [3.8, 4) is 5.88 Å². The Hall–Kier alpha value is -1.45. The van der Waals surface area contributed by atoms with E-state index in [2.05, 4.69) is 9.97 Å². The molecule has 2 aliphatic rings. The number of aliphatic hydroxyl groups excluding tert-OH is 1. The summed E-state index contributed by atoms with van der Waals surface area (Å²) in [6.07, 6.45) is -2.50. The average Bonchev–Trinajstić information content (AvgIpc) is 3.04. The summed E-state index contributed by atoms with van der Waals surface area (Å²) in [6, 6.07) is 1.37. The van der Waals surface area contributed by atoms with Gasteiger partial charge in [0.05, 0.1) is 25.5 Å². The maximum absolute atomic E-state index is 13.1. The van der Waals surface area contributed by atoms with Gasteiger partial charge >= 0.3 is 6.18 Å². The van der Waals surface area contributed by atoms with Crippen molar-refractivity contribution >= 4 is 0 Å². The highest BCUT2D eigenvalue weighted by molar-refractivity contribution is 5.24. The van der Waals surface area contributed by atoms with Crippen LogP contribution in [-0.4, -0.2) is 46.8 Å². The maximum atomic E-state index is 13.1. The van der Waals surface area contributed by atoms with Crippen LogP contribution in [0, 0.1) is 0 Å². The second kappa shape index (κ2) is 6.94. The number of halogens is 3. The second-order valence-corrected chi connectivity index (χ2v) is 7.38. The van der Waals surface area contributed by atoms with Gasteiger partial charge in [-0.2, -0.15) is 18.2 Å². The third-order valence-corrected chi connectivity index (χ3v) is 4.84. The van der Waals surface area contributed by atoms with Gasteiger partial charge in [-0.05, 0) is 12.8 Å². The molecule has 0 radical (unpaired) electrons. The van der Waals surface area contributed by atoms with Crippen molar-refractivity contribution in [1.29, 1.82) is 0 Å². The molecule has 2 fully saturated rings. The third kappa shape index (κ3) is 4.10. The lowest BCUT2D eigenvalue weighted by Gasteiger charge is -2.35. The predicted octanol–water partition coefficient (Wildman–Crippen LogP) is 2.83. The van der Waals surface area contributed by atoms with Crippen molar-refractivity contribution < 1.29 is 32.5 Å². The first kappa shape index (κ1) is 19.3. The summed E-state index contributed by atoms with van der Waals surface area (Å²) in [7, 11) is 0. The molecule has 1 aliphatic heterocycles. The molecule has 9 heteroatoms. The van der Waals surface area contributed by atoms with Gasteiger partial charge in [-0.25, -0.2) is 4.98 Å². The number of rotatable bonds is 4. The van der Waals surface area contributed by atoms with Crippen LogP contribution in [0.1, 0.15) is 51.0 Å². The Morgan fingerprint density at radius 2 is 1.81 bits per heavy atom. The van der Waals surface area contributed by atoms with Crippen LogP contribution in [0.2, 0.25) is 0 Å². The van der Waals surface area contributed by atoms with Gasteiger partial charge in [0.25, 0.3) is 0 Å². The lowest BCUT2D eigenvalue weighted by molar-refractivity contribution is -0.186. The van der Waals surface area contributed by atoms with Crippen molar-refractivity contribution in [3.63, 3.8) is 0 Å². The van der Waals surface area contributed by atoms with Crippen LogP contribution in [0.4, 0.5) is 13.2 Å². The normalized spacial score (nSPS) is 21.3. The average molecular weight is 376 g/mol. The fraction of sp³-hybridized carbons (Fsp3) is 0.765. The van der Waals surface area contributed by atoms with Crippen LogP contribution in [0.15, 0.2) is 6.07 Å². The molecule has 146 valence electrons. The van der Waals surface area contributed by atoms with E-state index in [1.54, 1.807) is 13.8 Å². The Balaban J connectivity index is 1.77. The van der Waals surface area contributed by atoms with Crippen LogP contribution < -0.4 is 4.74 Å². The third-order valence-electron chi connectivity index (χ3n) is 4.84. The van der Waals surface area contributed by atoms with Crippen molar-refractivity contribution in [1.82, 2.24) is 9.97 Å². The molecule has 1 saturated carbocycles. The van der Waals surface area contributed by atoms with Crippen molar-refractivity contribution in [3.05, 3.63) is 17.6 Å². The summed E-state index contributed by atoms with van der Waals surface area (Å²) in [5.41, 5.74) is -0.851. The highest BCUT2D eigenvalue weighted by Crippen LogP contribution is 2.37. The number of aromatic nitrogens is 2. The van der Waals surface area contributed by atoms with E-state index < -0.39 is 23.2 Å². The van der Waals surface area contributed by atoms with E-state index in [-0.39, 0.29) is 24.3 Å². The van der Waals surface area contributed by atoms with Crippen molar-refractivity contribution in [2.24, 2.45) is 0 Å². The molecule has 1 aromatic rings. The Morgan fingerprint density at radius 3 is 2.35 bits per heavy atom. The summed E-state index contributed by atoms with van der Waals surface area (Å²) in [6.45, 7) is 4.00. The van der Waals surface area contributed by atoms with E-state index in [0.717, 1.165) is 0 Å². The quantitative estimate of drug-likeness (QED) is 0.871. The van der Waals surface area contributed by atoms with E-state index in [0.29, 0.717) is 38.9 Å². The van der Waals surface area contributed by atoms with E-state index in [1.807, 2.05) is 0 Å². The summed E-state index contributed by atoms with van der Waals surface area (Å²) in [5, 5.41) is 9.46. The SMILES string of the molecule is CC(C)(CO)c1cc(OC2CCC3(CC2)OCCO3)nc(C(F)(F)F)n1. The first-order valence-corrected chi connectivity index (χ1v) is 8.66. The molecule has 3 rings (SSSR count). The number of aliphatic hydroxyl groups is 1. The van der Waals surface area contributed by atoms with E-state index in [9.17, 15) is 18.3 Å². The molecule has 0 atom stereocenters. The highest BCUT2D eigenvalue weighted by Gasteiger charge is 2.41. The van der Waals surface area contributed by atoms with Crippen molar-refractivity contribution in [2.45, 2.75) is 63.0 Å². The molecule has 1 saturated heterocycles. The van der Waals surface area contributed by atoms with Gasteiger partial charge in [-0.1, -0.05) is 13.8 Å². The zero-order chi connectivity index (χ0) is 19.0. The maximum Gasteiger partial charge on any atom is 0.451 e. The standard InChI is InChI=1S/C17H23F3N2O4/c1-15(2,10-23)12-9-13(22-14(21-12)17(18,19)20)26-11-3-5-16(6-4-11)24-7-8-25-16/h9,11,23H,3-8,10H2,1-2H3. The van der Waals surface area contributed by atoms with Gasteiger partial charge in [0.1, 0.15) is 6.10 Å². The summed E-state index contributed by atoms with van der Waals surface area (Å²) in [4.78, 5) is 7.12. The van der Waals surface area contributed by atoms with Gasteiger partial charge in [-0.3, -0.25) is 0 Å². The minimum atomic E-state index is -4.69. The number of hydrogen-bond acceptors (Lipinski definition) is 6. The molecule has 2 heterocycles. The van der Waals surface area contributed by atoms with Crippen LogP contribution in [0.3, 0.4) is 0 Å². The Bertz CT molecular complexity index is 635. The molecule has 1 aliphatic carbocycles. The monoisotopic (exact) mass is 376 g/mol. The zero-order valence-corrected chi connectivity index (χ0v) is 14.8. The molecule has 0 aromatic carbocycles. The molecule has 0 amide bonds. The number of hydrogen-bond donors (Lipinski definition) is 1. The molecule has 26 heavy (non-hydrogen) atoms. The summed E-state index contributed by atoms with van der Waals surface area (Å²) >= 11 is 0. The lowest BCUT2D eigenvalue weighted by atomic mass is 9.90. The smallest absolute Gasteiger partial charge is 0.451 e. The molecule has 6 nitrogen and oxygen atoms in total. The van der Waals surface area contributed by atoms with E-state index in [4.69, 9.17) is 14.2 Å². The van der Waals surface area contributed by atoms with Crippen LogP contribution >= 0.6 is 0 Å². The molecular weight excluding hydrogens is 353 g/mol. The minimum Gasteiger partial charge on any atom is -0.474 e. The minimum absolute atomic E-state index is 0.0899. The Morgan fingerprint density at radius 1 is 1.19 bits per heavy atom. The fourth-order valence-corrected chi connectivity index (χ4v) is 3.15. The van der Waals surface area contributed by atoms with Gasteiger partial charge < -0.3 is 19.3 Å². The molecule has 1 aromatic heterocycles. The highest BCUT2D eigenvalue weighted by atomic mass is 19.4. The van der Waals surface area contributed by atoms with Gasteiger partial charge in [0.2, 0.25) is 11.7 Å². The van der Waals surface area contributed by atoms with Gasteiger partial charge in [0, 0.05) is 24.3 Å². The van der Waals surface area contributed by atoms with Crippen LogP contribution in [0.5, 0.6) is 5.88 Å². The Kier molecular flexibility index (Phi) is 5.15. The first-order valence-electron chi connectivity index (χ1n) is 8.66. The Labute approximate surface area is 149 Å². The van der Waals surface area contributed by atoms with Crippen molar-refractivity contribution in [2.75, 3.05) is 19.8 Å². The molecule has 0 bridgehead atoms. The number of alkyl halides is 3. The summed E-state index contributed by atoms with van der Waals surface area (Å²) < 4.78 is 56.4. The largest absolute Gasteiger partial charge is 0.474 e. The number of nitrogens with zero attached hydrogens (tertiary/aromatic N) is 2.